The Kier molecular flexibility index (Phi) is 6.78. The van der Waals surface area contributed by atoms with Crippen LogP contribution < -0.4 is 4.90 Å². The van der Waals surface area contributed by atoms with Crippen LogP contribution in [0.4, 0.5) is 17.1 Å². The Bertz CT molecular complexity index is 2760. The van der Waals surface area contributed by atoms with Crippen LogP contribution in [0.2, 0.25) is 0 Å². The van der Waals surface area contributed by atoms with Gasteiger partial charge in [-0.15, -0.1) is 11.8 Å². The Morgan fingerprint density at radius 2 is 1.19 bits per heavy atom. The summed E-state index contributed by atoms with van der Waals surface area (Å²) in [6.07, 6.45) is 9.14. The fourth-order valence-corrected chi connectivity index (χ4v) is 11.4. The molecule has 11 rings (SSSR count). The summed E-state index contributed by atoms with van der Waals surface area (Å²) in [5, 5.41) is 3.19. The van der Waals surface area contributed by atoms with Gasteiger partial charge < -0.3 is 4.90 Å². The van der Waals surface area contributed by atoms with E-state index in [1.807, 2.05) is 11.8 Å². The van der Waals surface area contributed by atoms with Crippen LogP contribution in [-0.4, -0.2) is 5.25 Å². The molecule has 2 unspecified atom stereocenters. The van der Waals surface area contributed by atoms with Gasteiger partial charge in [-0.2, -0.15) is 0 Å². The molecule has 4 aliphatic rings. The predicted molar refractivity (Wildman–Crippen MR) is 230 cm³/mol. The summed E-state index contributed by atoms with van der Waals surface area (Å²) in [7, 11) is 0. The molecule has 0 bridgehead atoms. The van der Waals surface area contributed by atoms with Crippen LogP contribution in [0.1, 0.15) is 61.4 Å². The van der Waals surface area contributed by atoms with Crippen LogP contribution in [0.3, 0.4) is 0 Å². The van der Waals surface area contributed by atoms with Gasteiger partial charge in [-0.1, -0.05) is 149 Å². The Morgan fingerprint density at radius 1 is 0.519 bits per heavy atom. The lowest BCUT2D eigenvalue weighted by atomic mass is 9.82. The first-order valence-electron chi connectivity index (χ1n) is 19.3. The number of rotatable bonds is 4. The second-order valence-corrected chi connectivity index (χ2v) is 17.7. The summed E-state index contributed by atoms with van der Waals surface area (Å²) in [5.41, 5.74) is 18.2. The van der Waals surface area contributed by atoms with E-state index in [0.717, 1.165) is 5.69 Å². The highest BCUT2D eigenvalue weighted by atomic mass is 32.2. The van der Waals surface area contributed by atoms with Crippen molar-refractivity contribution in [2.45, 2.75) is 54.6 Å². The van der Waals surface area contributed by atoms with E-state index in [-0.39, 0.29) is 10.8 Å². The highest BCUT2D eigenvalue weighted by Gasteiger charge is 2.39. The lowest BCUT2D eigenvalue weighted by Crippen LogP contribution is -2.16. The van der Waals surface area contributed by atoms with E-state index < -0.39 is 0 Å². The van der Waals surface area contributed by atoms with Crippen molar-refractivity contribution in [1.29, 1.82) is 0 Å². The molecule has 0 radical (unpaired) electrons. The van der Waals surface area contributed by atoms with Crippen molar-refractivity contribution in [2.75, 3.05) is 4.90 Å². The molecule has 1 nitrogen and oxygen atoms in total. The van der Waals surface area contributed by atoms with Crippen LogP contribution in [0.25, 0.3) is 44.2 Å². The Balaban J connectivity index is 1.05. The Labute approximate surface area is 322 Å². The minimum Gasteiger partial charge on any atom is -0.310 e. The SMILES string of the molecule is CC1(C)c2ccccc2-c2cc(N(c3ccc(-c4ccc5c6c(ccc5c4)SC4C=CC=CC64)cc3)c3cccc4c3-c3ccccc3C4(C)C)ccc21. The smallest absolute Gasteiger partial charge is 0.0543 e. The number of hydrogen-bond acceptors (Lipinski definition) is 2. The molecule has 0 aromatic heterocycles. The summed E-state index contributed by atoms with van der Waals surface area (Å²) in [4.78, 5) is 3.92. The zero-order valence-electron chi connectivity index (χ0n) is 31.1. The van der Waals surface area contributed by atoms with Crippen LogP contribution in [0.5, 0.6) is 0 Å². The normalized spacial score (nSPS) is 18.8. The second-order valence-electron chi connectivity index (χ2n) is 16.4. The van der Waals surface area contributed by atoms with E-state index >= 15 is 0 Å². The maximum absolute atomic E-state index is 2.50. The third kappa shape index (κ3) is 4.47. The number of thioether (sulfide) groups is 1. The van der Waals surface area contributed by atoms with Crippen LogP contribution in [0, 0.1) is 0 Å². The van der Waals surface area contributed by atoms with E-state index in [9.17, 15) is 0 Å². The predicted octanol–water partition coefficient (Wildman–Crippen LogP) is 14.3. The molecule has 1 aliphatic heterocycles. The zero-order chi connectivity index (χ0) is 36.3. The molecule has 0 saturated carbocycles. The quantitative estimate of drug-likeness (QED) is 0.179. The molecule has 0 amide bonds. The van der Waals surface area contributed by atoms with Gasteiger partial charge in [0.15, 0.2) is 0 Å². The first-order valence-corrected chi connectivity index (χ1v) is 20.1. The molecule has 7 aromatic carbocycles. The Morgan fingerprint density at radius 3 is 2.02 bits per heavy atom. The van der Waals surface area contributed by atoms with Gasteiger partial charge in [0.1, 0.15) is 0 Å². The summed E-state index contributed by atoms with van der Waals surface area (Å²) >= 11 is 2.00. The fraction of sp³-hybridized carbons (Fsp3) is 0.154. The molecule has 0 N–H and O–H groups in total. The molecule has 260 valence electrons. The largest absolute Gasteiger partial charge is 0.310 e. The summed E-state index contributed by atoms with van der Waals surface area (Å²) in [6, 6.07) is 52.9. The summed E-state index contributed by atoms with van der Waals surface area (Å²) in [5.74, 6) is 0.450. The van der Waals surface area contributed by atoms with E-state index in [1.165, 1.54) is 88.2 Å². The van der Waals surface area contributed by atoms with Gasteiger partial charge in [0.25, 0.3) is 0 Å². The van der Waals surface area contributed by atoms with E-state index in [1.54, 1.807) is 0 Å². The molecule has 54 heavy (non-hydrogen) atoms. The minimum atomic E-state index is -0.0852. The lowest BCUT2D eigenvalue weighted by Gasteiger charge is -2.30. The monoisotopic (exact) mass is 711 g/mol. The third-order valence-electron chi connectivity index (χ3n) is 12.8. The molecule has 2 heteroatoms. The molecule has 3 aliphatic carbocycles. The van der Waals surface area contributed by atoms with Gasteiger partial charge in [-0.25, -0.2) is 0 Å². The molecule has 7 aromatic rings. The minimum absolute atomic E-state index is 0.0431. The first-order chi connectivity index (χ1) is 26.3. The van der Waals surface area contributed by atoms with Crippen molar-refractivity contribution >= 4 is 39.6 Å². The highest BCUT2D eigenvalue weighted by Crippen LogP contribution is 2.56. The van der Waals surface area contributed by atoms with Crippen molar-refractivity contribution in [3.63, 3.8) is 0 Å². The maximum Gasteiger partial charge on any atom is 0.0543 e. The second kappa shape index (κ2) is 11.5. The number of allylic oxidation sites excluding steroid dienone is 3. The van der Waals surface area contributed by atoms with Crippen molar-refractivity contribution in [3.8, 4) is 33.4 Å². The number of anilines is 3. The van der Waals surface area contributed by atoms with E-state index in [4.69, 9.17) is 0 Å². The third-order valence-corrected chi connectivity index (χ3v) is 14.1. The van der Waals surface area contributed by atoms with E-state index in [0.29, 0.717) is 11.2 Å². The highest BCUT2D eigenvalue weighted by molar-refractivity contribution is 8.00. The molecule has 0 saturated heterocycles. The lowest BCUT2D eigenvalue weighted by molar-refractivity contribution is 0.660. The van der Waals surface area contributed by atoms with Crippen LogP contribution in [-0.2, 0) is 10.8 Å². The molecule has 1 heterocycles. The molecule has 0 spiro atoms. The molecular weight excluding hydrogens is 671 g/mol. The van der Waals surface area contributed by atoms with Crippen molar-refractivity contribution < 1.29 is 0 Å². The Hall–Kier alpha value is -5.57. The van der Waals surface area contributed by atoms with Crippen LogP contribution in [0.15, 0.2) is 169 Å². The maximum atomic E-state index is 2.50. The molecule has 2 atom stereocenters. The number of fused-ring (bicyclic) bond motifs is 11. The zero-order valence-corrected chi connectivity index (χ0v) is 31.9. The van der Waals surface area contributed by atoms with Crippen molar-refractivity contribution in [1.82, 2.24) is 0 Å². The average molecular weight is 712 g/mol. The van der Waals surface area contributed by atoms with Gasteiger partial charge in [0, 0.05) is 43.8 Å². The van der Waals surface area contributed by atoms with Gasteiger partial charge in [0.2, 0.25) is 0 Å². The van der Waals surface area contributed by atoms with Gasteiger partial charge in [-0.3, -0.25) is 0 Å². The van der Waals surface area contributed by atoms with Gasteiger partial charge in [0.05, 0.1) is 5.69 Å². The topological polar surface area (TPSA) is 3.24 Å². The first kappa shape index (κ1) is 31.9. The fourth-order valence-electron chi connectivity index (χ4n) is 10.1. The van der Waals surface area contributed by atoms with Crippen LogP contribution >= 0.6 is 11.8 Å². The van der Waals surface area contributed by atoms with Crippen molar-refractivity contribution in [2.24, 2.45) is 0 Å². The number of nitrogens with zero attached hydrogens (tertiary/aromatic N) is 1. The number of benzene rings is 7. The average Bonchev–Trinajstić information content (AvgIpc) is 3.78. The standard InChI is InChI=1S/C52H41NS/c1-51(2)42-15-8-5-12-38(42)41-31-36(26-28-44(41)51)53(46-18-11-17-45-50(46)39-13-6-9-16-43(39)52(45,3)4)35-24-20-32(21-25-35)33-22-27-37-34(30-33)23-29-48-49(37)40-14-7-10-19-47(40)54-48/h5-31,40,47H,1-4H3. The van der Waals surface area contributed by atoms with Gasteiger partial charge >= 0.3 is 0 Å². The molecular formula is C52H41NS. The van der Waals surface area contributed by atoms with Crippen molar-refractivity contribution in [3.05, 3.63) is 192 Å². The summed E-state index contributed by atoms with van der Waals surface area (Å²) < 4.78 is 0. The van der Waals surface area contributed by atoms with E-state index in [2.05, 4.69) is 196 Å². The van der Waals surface area contributed by atoms with Gasteiger partial charge in [-0.05, 0) is 109 Å². The number of hydrogen-bond donors (Lipinski definition) is 0. The molecule has 0 fully saturated rings. The summed E-state index contributed by atoms with van der Waals surface area (Å²) in [6.45, 7) is 9.45.